The van der Waals surface area contributed by atoms with Crippen LogP contribution in [0.2, 0.25) is 0 Å². The molecule has 0 fully saturated rings. The van der Waals surface area contributed by atoms with Gasteiger partial charge in [0.2, 0.25) is 0 Å². The van der Waals surface area contributed by atoms with Gasteiger partial charge in [-0.15, -0.1) is 0 Å². The van der Waals surface area contributed by atoms with Crippen LogP contribution < -0.4 is 9.46 Å². The molecule has 0 amide bonds. The molecule has 11 heteroatoms. The summed E-state index contributed by atoms with van der Waals surface area (Å²) >= 11 is 0. The molecule has 34 heavy (non-hydrogen) atoms. The lowest BCUT2D eigenvalue weighted by Crippen LogP contribution is -2.28. The van der Waals surface area contributed by atoms with Crippen molar-refractivity contribution in [3.05, 3.63) is 66.7 Å². The van der Waals surface area contributed by atoms with Crippen LogP contribution in [0.1, 0.15) is 5.82 Å². The van der Waals surface area contributed by atoms with E-state index in [2.05, 4.69) is 19.7 Å². The number of imidazole rings is 1. The van der Waals surface area contributed by atoms with Gasteiger partial charge in [0.05, 0.1) is 22.9 Å². The van der Waals surface area contributed by atoms with Crippen molar-refractivity contribution < 1.29 is 18.4 Å². The van der Waals surface area contributed by atoms with Gasteiger partial charge in [-0.2, -0.15) is 14.7 Å². The number of aromatic nitrogens is 5. The van der Waals surface area contributed by atoms with Crippen LogP contribution in [0.15, 0.2) is 66.0 Å². The number of rotatable bonds is 7. The topological polar surface area (TPSA) is 124 Å². The summed E-state index contributed by atoms with van der Waals surface area (Å²) in [7, 11) is -2.03. The molecule has 0 atom stereocenters. The molecule has 0 aliphatic carbocycles. The number of hydrogen-bond acceptors (Lipinski definition) is 7. The van der Waals surface area contributed by atoms with Gasteiger partial charge in [0, 0.05) is 36.1 Å². The summed E-state index contributed by atoms with van der Waals surface area (Å²) in [4.78, 5) is 13.1. The minimum Gasteiger partial charge on any atom is -0.462 e. The molecule has 5 aromatic rings. The Balaban J connectivity index is 1.40. The Morgan fingerprint density at radius 1 is 1.00 bits per heavy atom. The molecule has 0 saturated heterocycles. The third-order valence-corrected chi connectivity index (χ3v) is 6.85. The number of nitrogens with one attached hydrogen (secondary N) is 1. The number of sulfonamides is 1. The normalized spacial score (nSPS) is 11.9. The van der Waals surface area contributed by atoms with Gasteiger partial charge in [-0.25, -0.2) is 18.1 Å². The van der Waals surface area contributed by atoms with Gasteiger partial charge < -0.3 is 14.5 Å². The fourth-order valence-corrected chi connectivity index (χ4v) is 4.77. The van der Waals surface area contributed by atoms with Gasteiger partial charge in [-0.1, -0.05) is 36.4 Å². The molecule has 2 N–H and O–H groups in total. The third-order valence-electron chi connectivity index (χ3n) is 5.52. The highest BCUT2D eigenvalue weighted by Gasteiger charge is 2.19. The highest BCUT2D eigenvalue weighted by molar-refractivity contribution is 7.89. The van der Waals surface area contributed by atoms with Gasteiger partial charge in [-0.05, 0) is 19.1 Å². The average Bonchev–Trinajstić information content (AvgIpc) is 3.36. The summed E-state index contributed by atoms with van der Waals surface area (Å²) in [5, 5.41) is 11.9. The first kappa shape index (κ1) is 21.9. The minimum absolute atomic E-state index is 0.0133. The molecule has 0 saturated carbocycles. The van der Waals surface area contributed by atoms with Crippen molar-refractivity contribution in [3.8, 4) is 17.3 Å². The van der Waals surface area contributed by atoms with Crippen LogP contribution in [0.5, 0.6) is 6.01 Å². The van der Waals surface area contributed by atoms with Crippen LogP contribution in [-0.2, 0) is 17.1 Å². The predicted molar refractivity (Wildman–Crippen MR) is 126 cm³/mol. The molecule has 0 bridgehead atoms. The van der Waals surface area contributed by atoms with E-state index < -0.39 is 10.0 Å². The monoisotopic (exact) mass is 478 g/mol. The zero-order valence-corrected chi connectivity index (χ0v) is 19.3. The highest BCUT2D eigenvalue weighted by atomic mass is 32.2. The predicted octanol–water partition coefficient (Wildman–Crippen LogP) is 2.89. The second-order valence-electron chi connectivity index (χ2n) is 7.76. The molecular weight excluding hydrogens is 456 g/mol. The SMILES string of the molecule is Cc1nc(S(=O)(=O)NCCOc2nc(-c3cn(O)c4ccccc34)c3ccccc3n2)cn1C. The van der Waals surface area contributed by atoms with Gasteiger partial charge in [0.25, 0.3) is 10.0 Å². The third kappa shape index (κ3) is 3.95. The summed E-state index contributed by atoms with van der Waals surface area (Å²) in [6, 6.07) is 15.1. The summed E-state index contributed by atoms with van der Waals surface area (Å²) < 4.78 is 35.8. The van der Waals surface area contributed by atoms with E-state index in [4.69, 9.17) is 4.74 Å². The fraction of sp³-hybridized carbons (Fsp3) is 0.174. The molecule has 10 nitrogen and oxygen atoms in total. The average molecular weight is 479 g/mol. The first-order valence-corrected chi connectivity index (χ1v) is 12.0. The van der Waals surface area contributed by atoms with Crippen LogP contribution in [0, 0.1) is 6.92 Å². The zero-order chi connectivity index (χ0) is 23.9. The Morgan fingerprint density at radius 3 is 2.50 bits per heavy atom. The largest absolute Gasteiger partial charge is 0.462 e. The maximum atomic E-state index is 12.5. The number of benzene rings is 2. The molecule has 0 aliphatic heterocycles. The van der Waals surface area contributed by atoms with Crippen LogP contribution in [0.3, 0.4) is 0 Å². The molecule has 3 heterocycles. The maximum Gasteiger partial charge on any atom is 0.317 e. The first-order chi connectivity index (χ1) is 16.3. The molecular formula is C23H22N6O4S. The van der Waals surface area contributed by atoms with E-state index in [0.29, 0.717) is 22.6 Å². The van der Waals surface area contributed by atoms with Crippen LogP contribution in [0.4, 0.5) is 0 Å². The van der Waals surface area contributed by atoms with Crippen molar-refractivity contribution in [1.29, 1.82) is 0 Å². The summed E-state index contributed by atoms with van der Waals surface area (Å²) in [6.45, 7) is 1.76. The van der Waals surface area contributed by atoms with Crippen LogP contribution >= 0.6 is 0 Å². The van der Waals surface area contributed by atoms with E-state index in [-0.39, 0.29) is 24.2 Å². The lowest BCUT2D eigenvalue weighted by molar-refractivity contribution is 0.200. The van der Waals surface area contributed by atoms with Crippen molar-refractivity contribution in [1.82, 2.24) is 29.0 Å². The summed E-state index contributed by atoms with van der Waals surface area (Å²) in [6.07, 6.45) is 3.06. The first-order valence-electron chi connectivity index (χ1n) is 10.5. The number of fused-ring (bicyclic) bond motifs is 2. The molecule has 0 unspecified atom stereocenters. The van der Waals surface area contributed by atoms with E-state index in [9.17, 15) is 13.6 Å². The fourth-order valence-electron chi connectivity index (χ4n) is 3.72. The molecule has 2 aromatic carbocycles. The molecule has 0 spiro atoms. The van der Waals surface area contributed by atoms with Crippen LogP contribution in [0.25, 0.3) is 33.1 Å². The van der Waals surface area contributed by atoms with E-state index in [1.165, 1.54) is 6.20 Å². The molecule has 5 rings (SSSR count). The van der Waals surface area contributed by atoms with E-state index >= 15 is 0 Å². The summed E-state index contributed by atoms with van der Waals surface area (Å²) in [5.41, 5.74) is 2.66. The number of hydrogen-bond donors (Lipinski definition) is 2. The quantitative estimate of drug-likeness (QED) is 0.272. The summed E-state index contributed by atoms with van der Waals surface area (Å²) in [5.74, 6) is 0.595. The zero-order valence-electron chi connectivity index (χ0n) is 18.5. The minimum atomic E-state index is -3.76. The van der Waals surface area contributed by atoms with Crippen LogP contribution in [-0.4, -0.2) is 51.0 Å². The number of para-hydroxylation sites is 2. The second-order valence-corrected chi connectivity index (χ2v) is 9.47. The van der Waals surface area contributed by atoms with Gasteiger partial charge in [-0.3, -0.25) is 0 Å². The molecule has 3 aromatic heterocycles. The standard InChI is InChI=1S/C23H22N6O4S/c1-15-25-21(14-28(15)2)34(31,32)24-11-12-33-23-26-19-9-5-3-8-17(19)22(27-23)18-13-29(30)20-10-6-4-7-16(18)20/h3-10,13-14,24,30H,11-12H2,1-2H3. The Labute approximate surface area is 195 Å². The Kier molecular flexibility index (Phi) is 5.42. The van der Waals surface area contributed by atoms with E-state index in [0.717, 1.165) is 21.1 Å². The number of aryl methyl sites for hydroxylation is 2. The highest BCUT2D eigenvalue weighted by Crippen LogP contribution is 2.34. The van der Waals surface area contributed by atoms with Crippen molar-refractivity contribution in [2.24, 2.45) is 7.05 Å². The van der Waals surface area contributed by atoms with Gasteiger partial charge in [0.1, 0.15) is 12.4 Å². The molecule has 0 radical (unpaired) electrons. The van der Waals surface area contributed by atoms with E-state index in [1.807, 2.05) is 48.5 Å². The maximum absolute atomic E-state index is 12.5. The van der Waals surface area contributed by atoms with Gasteiger partial charge in [0.15, 0.2) is 5.03 Å². The van der Waals surface area contributed by atoms with Crippen molar-refractivity contribution in [3.63, 3.8) is 0 Å². The molecule has 174 valence electrons. The smallest absolute Gasteiger partial charge is 0.317 e. The van der Waals surface area contributed by atoms with Crippen molar-refractivity contribution in [2.75, 3.05) is 13.2 Å². The van der Waals surface area contributed by atoms with Crippen molar-refractivity contribution >= 4 is 31.8 Å². The van der Waals surface area contributed by atoms with Crippen molar-refractivity contribution in [2.45, 2.75) is 11.9 Å². The Bertz CT molecular complexity index is 1600. The van der Waals surface area contributed by atoms with E-state index in [1.54, 1.807) is 24.7 Å². The second kappa shape index (κ2) is 8.43. The lowest BCUT2D eigenvalue weighted by Gasteiger charge is -2.10. The number of nitrogens with zero attached hydrogens (tertiary/aromatic N) is 5. The number of ether oxygens (including phenoxy) is 1. The lowest BCUT2D eigenvalue weighted by atomic mass is 10.1. The molecule has 0 aliphatic rings. The Morgan fingerprint density at radius 2 is 1.74 bits per heavy atom. The Hall–Kier alpha value is -3.96. The van der Waals surface area contributed by atoms with Gasteiger partial charge >= 0.3 is 6.01 Å².